The van der Waals surface area contributed by atoms with Crippen LogP contribution in [0.15, 0.2) is 176 Å². The Balaban J connectivity index is 1.27. The minimum atomic E-state index is -0.930. The Morgan fingerprint density at radius 3 is 0.986 bits per heavy atom. The molecule has 376 valence electrons. The lowest BCUT2D eigenvalue weighted by Crippen LogP contribution is -2.51. The summed E-state index contributed by atoms with van der Waals surface area (Å²) in [7, 11) is 0. The molecule has 6 aromatic rings. The topological polar surface area (TPSA) is 150 Å². The Bertz CT molecular complexity index is 2300. The van der Waals surface area contributed by atoms with Crippen molar-refractivity contribution in [3.05, 3.63) is 209 Å². The van der Waals surface area contributed by atoms with Crippen LogP contribution in [0.1, 0.15) is 40.3 Å². The third-order valence-electron chi connectivity index (χ3n) is 11.4. The van der Waals surface area contributed by atoms with Gasteiger partial charge in [0.1, 0.15) is 44.8 Å². The highest BCUT2D eigenvalue weighted by Crippen LogP contribution is 2.18. The number of carbonyl (C=O) groups is 5. The summed E-state index contributed by atoms with van der Waals surface area (Å²) in [5.41, 5.74) is 4.80. The number of rotatable bonds is 30. The van der Waals surface area contributed by atoms with Crippen molar-refractivity contribution in [1.82, 2.24) is 14.7 Å². The van der Waals surface area contributed by atoms with Crippen molar-refractivity contribution in [3.63, 3.8) is 0 Å². The van der Waals surface area contributed by atoms with Gasteiger partial charge in [-0.3, -0.25) is 38.7 Å². The fraction of sp³-hybridized carbons (Fsp3) is 0.293. The quantitative estimate of drug-likeness (QED) is 0.0322. The standard InChI is InChI=1S/C58H63N3O11/c1-2-67-52-30-28-46(29-31-52)36-53(58(66)72-45-51-26-16-7-17-27-51)61(34-32-59(37-54(62)68-41-47-18-8-3-9-19-47)38-55(63)69-42-48-20-10-4-11-21-48)35-33-60(39-56(64)70-43-49-22-12-5-13-23-49)40-57(65)71-44-50-24-14-6-15-25-50/h3-31,53H,2,32-45H2,1H3/t53-/m0/s1. The van der Waals surface area contributed by atoms with Gasteiger partial charge in [-0.05, 0) is 58.9 Å². The third kappa shape index (κ3) is 20.0. The summed E-state index contributed by atoms with van der Waals surface area (Å²) in [6.45, 7) is 1.86. The van der Waals surface area contributed by atoms with E-state index in [0.717, 1.165) is 33.4 Å². The summed E-state index contributed by atoms with van der Waals surface area (Å²) >= 11 is 0. The number of nitrogens with zero attached hydrogens (tertiary/aromatic N) is 3. The molecule has 0 radical (unpaired) electrons. The van der Waals surface area contributed by atoms with E-state index in [2.05, 4.69) is 0 Å². The number of benzene rings is 6. The zero-order valence-electron chi connectivity index (χ0n) is 40.8. The highest BCUT2D eigenvalue weighted by molar-refractivity contribution is 5.77. The number of ether oxygens (including phenoxy) is 6. The molecule has 6 rings (SSSR count). The van der Waals surface area contributed by atoms with Crippen molar-refractivity contribution in [2.45, 2.75) is 52.4 Å². The van der Waals surface area contributed by atoms with Gasteiger partial charge in [0.15, 0.2) is 0 Å². The molecule has 6 aromatic carbocycles. The van der Waals surface area contributed by atoms with E-state index < -0.39 is 35.9 Å². The summed E-state index contributed by atoms with van der Waals surface area (Å²) in [5.74, 6) is -2.12. The predicted molar refractivity (Wildman–Crippen MR) is 271 cm³/mol. The third-order valence-corrected chi connectivity index (χ3v) is 11.4. The average Bonchev–Trinajstić information content (AvgIpc) is 3.41. The monoisotopic (exact) mass is 977 g/mol. The Hall–Kier alpha value is -7.65. The summed E-state index contributed by atoms with van der Waals surface area (Å²) < 4.78 is 34.4. The van der Waals surface area contributed by atoms with Gasteiger partial charge in [-0.25, -0.2) is 0 Å². The molecule has 14 heteroatoms. The molecular weight excluding hydrogens is 915 g/mol. The van der Waals surface area contributed by atoms with Crippen LogP contribution >= 0.6 is 0 Å². The van der Waals surface area contributed by atoms with Crippen LogP contribution in [0.5, 0.6) is 5.75 Å². The average molecular weight is 978 g/mol. The molecule has 0 saturated carbocycles. The zero-order chi connectivity index (χ0) is 50.6. The molecule has 72 heavy (non-hydrogen) atoms. The van der Waals surface area contributed by atoms with Gasteiger partial charge in [-0.1, -0.05) is 164 Å². The Morgan fingerprint density at radius 1 is 0.375 bits per heavy atom. The first-order valence-corrected chi connectivity index (χ1v) is 24.1. The maximum atomic E-state index is 14.6. The van der Waals surface area contributed by atoms with Crippen LogP contribution in [-0.4, -0.2) is 110 Å². The lowest BCUT2D eigenvalue weighted by molar-refractivity contribution is -0.154. The smallest absolute Gasteiger partial charge is 0.324 e. The molecule has 0 N–H and O–H groups in total. The molecule has 0 bridgehead atoms. The number of hydrogen-bond donors (Lipinski definition) is 0. The van der Waals surface area contributed by atoms with Crippen LogP contribution in [0.4, 0.5) is 0 Å². The van der Waals surface area contributed by atoms with E-state index in [1.54, 1.807) is 9.80 Å². The molecule has 0 heterocycles. The Morgan fingerprint density at radius 2 is 0.681 bits per heavy atom. The van der Waals surface area contributed by atoms with E-state index in [4.69, 9.17) is 28.4 Å². The van der Waals surface area contributed by atoms with Gasteiger partial charge in [0.25, 0.3) is 0 Å². The number of esters is 5. The van der Waals surface area contributed by atoms with E-state index in [1.165, 1.54) is 0 Å². The minimum absolute atomic E-state index is 0.00651. The van der Waals surface area contributed by atoms with Crippen LogP contribution in [0.3, 0.4) is 0 Å². The van der Waals surface area contributed by atoms with Gasteiger partial charge in [-0.15, -0.1) is 0 Å². The van der Waals surface area contributed by atoms with E-state index >= 15 is 0 Å². The van der Waals surface area contributed by atoms with Crippen molar-refractivity contribution in [3.8, 4) is 5.75 Å². The summed E-state index contributed by atoms with van der Waals surface area (Å²) in [5, 5.41) is 0. The van der Waals surface area contributed by atoms with Gasteiger partial charge in [0.05, 0.1) is 32.8 Å². The van der Waals surface area contributed by atoms with Gasteiger partial charge < -0.3 is 28.4 Å². The lowest BCUT2D eigenvalue weighted by Gasteiger charge is -2.34. The Kier molecular flexibility index (Phi) is 22.5. The second-order valence-corrected chi connectivity index (χ2v) is 16.9. The Labute approximate surface area is 422 Å². The molecule has 14 nitrogen and oxygen atoms in total. The van der Waals surface area contributed by atoms with Gasteiger partial charge in [-0.2, -0.15) is 0 Å². The van der Waals surface area contributed by atoms with E-state index in [9.17, 15) is 24.0 Å². The van der Waals surface area contributed by atoms with Crippen molar-refractivity contribution >= 4 is 29.8 Å². The van der Waals surface area contributed by atoms with Gasteiger partial charge in [0, 0.05) is 26.2 Å². The van der Waals surface area contributed by atoms with E-state index in [1.807, 2.05) is 188 Å². The molecule has 0 saturated heterocycles. The van der Waals surface area contributed by atoms with Crippen LogP contribution in [0, 0.1) is 0 Å². The molecule has 1 atom stereocenters. The minimum Gasteiger partial charge on any atom is -0.494 e. The first-order valence-electron chi connectivity index (χ1n) is 24.1. The second-order valence-electron chi connectivity index (χ2n) is 16.9. The second kappa shape index (κ2) is 30.2. The molecule has 0 aliphatic rings. The summed E-state index contributed by atoms with van der Waals surface area (Å²) in [6, 6.07) is 52.9. The number of hydrogen-bond acceptors (Lipinski definition) is 14. The normalized spacial score (nSPS) is 11.4. The lowest BCUT2D eigenvalue weighted by atomic mass is 10.0. The molecule has 0 amide bonds. The highest BCUT2D eigenvalue weighted by atomic mass is 16.6. The first kappa shape index (κ1) is 53.7. The van der Waals surface area contributed by atoms with Crippen molar-refractivity contribution < 1.29 is 52.4 Å². The highest BCUT2D eigenvalue weighted by Gasteiger charge is 2.30. The summed E-state index contributed by atoms with van der Waals surface area (Å²) in [6.07, 6.45) is 0.191. The SMILES string of the molecule is CCOc1ccc(C[C@@H](C(=O)OCc2ccccc2)N(CCN(CC(=O)OCc2ccccc2)CC(=O)OCc2ccccc2)CCN(CC(=O)OCc2ccccc2)CC(=O)OCc2ccccc2)cc1. The number of carbonyl (C=O) groups excluding carboxylic acids is 5. The van der Waals surface area contributed by atoms with E-state index in [0.29, 0.717) is 12.4 Å². The fourth-order valence-electron chi connectivity index (χ4n) is 7.55. The van der Waals surface area contributed by atoms with Crippen LogP contribution in [0.25, 0.3) is 0 Å². The van der Waals surface area contributed by atoms with E-state index in [-0.39, 0.29) is 91.8 Å². The molecule has 0 unspecified atom stereocenters. The van der Waals surface area contributed by atoms with Gasteiger partial charge in [0.2, 0.25) is 0 Å². The molecule has 0 aliphatic carbocycles. The molecule has 0 aromatic heterocycles. The fourth-order valence-corrected chi connectivity index (χ4v) is 7.55. The maximum Gasteiger partial charge on any atom is 0.324 e. The summed E-state index contributed by atoms with van der Waals surface area (Å²) in [4.78, 5) is 73.8. The maximum absolute atomic E-state index is 14.6. The van der Waals surface area contributed by atoms with Gasteiger partial charge >= 0.3 is 29.8 Å². The molecular formula is C58H63N3O11. The predicted octanol–water partition coefficient (Wildman–Crippen LogP) is 7.62. The van der Waals surface area contributed by atoms with Crippen molar-refractivity contribution in [2.24, 2.45) is 0 Å². The van der Waals surface area contributed by atoms with Crippen LogP contribution in [0.2, 0.25) is 0 Å². The molecule has 0 aliphatic heterocycles. The van der Waals surface area contributed by atoms with Crippen LogP contribution < -0.4 is 4.74 Å². The van der Waals surface area contributed by atoms with Crippen LogP contribution in [-0.2, 0) is 87.1 Å². The van der Waals surface area contributed by atoms with Crippen molar-refractivity contribution in [1.29, 1.82) is 0 Å². The van der Waals surface area contributed by atoms with Crippen molar-refractivity contribution in [2.75, 3.05) is 59.0 Å². The first-order chi connectivity index (χ1) is 35.2. The molecule has 0 spiro atoms. The largest absolute Gasteiger partial charge is 0.494 e. The molecule has 0 fully saturated rings. The zero-order valence-corrected chi connectivity index (χ0v) is 40.8.